The maximum Gasteiger partial charge on any atom is 0.405 e. The van der Waals surface area contributed by atoms with E-state index in [9.17, 15) is 18.0 Å². The maximum absolute atomic E-state index is 12.2. The zero-order valence-corrected chi connectivity index (χ0v) is 15.5. The lowest BCUT2D eigenvalue weighted by Crippen LogP contribution is -2.38. The summed E-state index contributed by atoms with van der Waals surface area (Å²) in [6.07, 6.45) is -2.47. The van der Waals surface area contributed by atoms with E-state index in [1.807, 2.05) is 9.88 Å². The number of carbonyl (C=O) groups is 1. The average molecular weight is 409 g/mol. The molecule has 2 aliphatic heterocycles. The van der Waals surface area contributed by atoms with E-state index in [0.717, 1.165) is 24.6 Å². The van der Waals surface area contributed by atoms with Crippen molar-refractivity contribution in [2.75, 3.05) is 50.1 Å². The fourth-order valence-electron chi connectivity index (χ4n) is 2.92. The molecule has 1 amide bonds. The van der Waals surface area contributed by atoms with Gasteiger partial charge in [-0.3, -0.25) is 9.36 Å². The summed E-state index contributed by atoms with van der Waals surface area (Å²) in [6, 6.07) is 0. The number of thioether (sulfide) groups is 1. The van der Waals surface area contributed by atoms with Gasteiger partial charge in [-0.2, -0.15) is 13.2 Å². The standard InChI is InChI=1S/C15H22F3N5O3S/c16-15(17,18)10-19-12(24)9-27-14-21-20-13(22-3-6-25-7-4-22)23(14)8-11-2-1-5-26-11/h11H,1-10H2,(H,19,24). The number of aromatic nitrogens is 3. The van der Waals surface area contributed by atoms with Gasteiger partial charge in [-0.15, -0.1) is 10.2 Å². The summed E-state index contributed by atoms with van der Waals surface area (Å²) in [4.78, 5) is 13.7. The van der Waals surface area contributed by atoms with Crippen molar-refractivity contribution in [1.29, 1.82) is 0 Å². The Morgan fingerprint density at radius 2 is 2.04 bits per heavy atom. The summed E-state index contributed by atoms with van der Waals surface area (Å²) >= 11 is 1.07. The summed E-state index contributed by atoms with van der Waals surface area (Å²) < 4.78 is 49.6. The lowest BCUT2D eigenvalue weighted by molar-refractivity contribution is -0.136. The highest BCUT2D eigenvalue weighted by Gasteiger charge is 2.28. The first-order valence-electron chi connectivity index (χ1n) is 8.76. The number of hydrogen-bond donors (Lipinski definition) is 1. The number of hydrogen-bond acceptors (Lipinski definition) is 7. The Kier molecular flexibility index (Phi) is 6.82. The van der Waals surface area contributed by atoms with E-state index in [2.05, 4.69) is 15.1 Å². The summed E-state index contributed by atoms with van der Waals surface area (Å²) in [5.41, 5.74) is 0. The Morgan fingerprint density at radius 3 is 2.70 bits per heavy atom. The zero-order chi connectivity index (χ0) is 19.3. The third-order valence-corrected chi connectivity index (χ3v) is 5.19. The molecular weight excluding hydrogens is 387 g/mol. The minimum absolute atomic E-state index is 0.0409. The number of ether oxygens (including phenoxy) is 2. The molecule has 1 atom stereocenters. The second-order valence-electron chi connectivity index (χ2n) is 6.31. The fourth-order valence-corrected chi connectivity index (χ4v) is 3.69. The van der Waals surface area contributed by atoms with Gasteiger partial charge in [0.25, 0.3) is 0 Å². The molecule has 0 aliphatic carbocycles. The molecule has 8 nitrogen and oxygen atoms in total. The number of anilines is 1. The summed E-state index contributed by atoms with van der Waals surface area (Å²) in [5, 5.41) is 10.7. The topological polar surface area (TPSA) is 81.5 Å². The molecule has 2 aliphatic rings. The molecule has 1 unspecified atom stereocenters. The van der Waals surface area contributed by atoms with E-state index in [1.165, 1.54) is 0 Å². The van der Waals surface area contributed by atoms with Crippen molar-refractivity contribution in [3.63, 3.8) is 0 Å². The van der Waals surface area contributed by atoms with E-state index in [4.69, 9.17) is 9.47 Å². The number of halogens is 3. The van der Waals surface area contributed by atoms with Gasteiger partial charge in [0.15, 0.2) is 5.16 Å². The normalized spacial score (nSPS) is 20.9. The summed E-state index contributed by atoms with van der Waals surface area (Å²) in [6.45, 7) is 2.47. The van der Waals surface area contributed by atoms with Crippen LogP contribution in [0.5, 0.6) is 0 Å². The Balaban J connectivity index is 1.65. The van der Waals surface area contributed by atoms with E-state index in [-0.39, 0.29) is 11.9 Å². The van der Waals surface area contributed by atoms with Gasteiger partial charge in [-0.1, -0.05) is 11.8 Å². The highest BCUT2D eigenvalue weighted by molar-refractivity contribution is 7.99. The molecular formula is C15H22F3N5O3S. The number of nitrogens with one attached hydrogen (secondary N) is 1. The number of amides is 1. The summed E-state index contributed by atoms with van der Waals surface area (Å²) in [5.74, 6) is -0.188. The number of alkyl halides is 3. The monoisotopic (exact) mass is 409 g/mol. The molecule has 0 saturated carbocycles. The van der Waals surface area contributed by atoms with Crippen LogP contribution in [-0.4, -0.2) is 78.2 Å². The molecule has 0 spiro atoms. The second kappa shape index (κ2) is 9.11. The highest BCUT2D eigenvalue weighted by atomic mass is 32.2. The van der Waals surface area contributed by atoms with Crippen LogP contribution in [0.3, 0.4) is 0 Å². The van der Waals surface area contributed by atoms with Gasteiger partial charge in [0.2, 0.25) is 11.9 Å². The van der Waals surface area contributed by atoms with Gasteiger partial charge in [0, 0.05) is 19.7 Å². The number of rotatable bonds is 7. The van der Waals surface area contributed by atoms with Crippen molar-refractivity contribution in [1.82, 2.24) is 20.1 Å². The van der Waals surface area contributed by atoms with Crippen LogP contribution in [0.2, 0.25) is 0 Å². The third kappa shape index (κ3) is 5.98. The van der Waals surface area contributed by atoms with Crippen LogP contribution < -0.4 is 10.2 Å². The average Bonchev–Trinajstić information content (AvgIpc) is 3.29. The molecule has 1 N–H and O–H groups in total. The minimum Gasteiger partial charge on any atom is -0.378 e. The van der Waals surface area contributed by atoms with Crippen LogP contribution in [0.4, 0.5) is 19.1 Å². The van der Waals surface area contributed by atoms with Gasteiger partial charge >= 0.3 is 6.18 Å². The molecule has 0 bridgehead atoms. The van der Waals surface area contributed by atoms with Crippen LogP contribution in [-0.2, 0) is 20.8 Å². The molecule has 27 heavy (non-hydrogen) atoms. The van der Waals surface area contributed by atoms with E-state index in [0.29, 0.717) is 50.6 Å². The van der Waals surface area contributed by atoms with E-state index < -0.39 is 18.6 Å². The fraction of sp³-hybridized carbons (Fsp3) is 0.800. The van der Waals surface area contributed by atoms with Crippen LogP contribution >= 0.6 is 11.8 Å². The predicted molar refractivity (Wildman–Crippen MR) is 91.8 cm³/mol. The van der Waals surface area contributed by atoms with Gasteiger partial charge in [0.1, 0.15) is 6.54 Å². The Bertz CT molecular complexity index is 631. The number of carbonyl (C=O) groups excluding carboxylic acids is 1. The Morgan fingerprint density at radius 1 is 1.26 bits per heavy atom. The largest absolute Gasteiger partial charge is 0.405 e. The first-order chi connectivity index (χ1) is 12.9. The van der Waals surface area contributed by atoms with Crippen molar-refractivity contribution in [3.8, 4) is 0 Å². The number of morpholine rings is 1. The van der Waals surface area contributed by atoms with Gasteiger partial charge < -0.3 is 19.7 Å². The third-order valence-electron chi connectivity index (χ3n) is 4.22. The molecule has 2 saturated heterocycles. The molecule has 1 aromatic heterocycles. The lowest BCUT2D eigenvalue weighted by Gasteiger charge is -2.28. The number of nitrogens with zero attached hydrogens (tertiary/aromatic N) is 4. The van der Waals surface area contributed by atoms with Crippen molar-refractivity contribution >= 4 is 23.6 Å². The van der Waals surface area contributed by atoms with Gasteiger partial charge in [-0.05, 0) is 12.8 Å². The molecule has 152 valence electrons. The minimum atomic E-state index is -4.43. The predicted octanol–water partition coefficient (Wildman–Crippen LogP) is 1.06. The maximum atomic E-state index is 12.2. The van der Waals surface area contributed by atoms with Crippen LogP contribution in [0, 0.1) is 0 Å². The highest BCUT2D eigenvalue weighted by Crippen LogP contribution is 2.25. The van der Waals surface area contributed by atoms with E-state index in [1.54, 1.807) is 0 Å². The van der Waals surface area contributed by atoms with Crippen LogP contribution in [0.15, 0.2) is 5.16 Å². The summed E-state index contributed by atoms with van der Waals surface area (Å²) in [7, 11) is 0. The van der Waals surface area contributed by atoms with Crippen LogP contribution in [0.25, 0.3) is 0 Å². The zero-order valence-electron chi connectivity index (χ0n) is 14.7. The molecule has 1 aromatic rings. The van der Waals surface area contributed by atoms with E-state index >= 15 is 0 Å². The Hall–Kier alpha value is -1.53. The molecule has 0 radical (unpaired) electrons. The molecule has 0 aromatic carbocycles. The first kappa shape index (κ1) is 20.2. The van der Waals surface area contributed by atoms with Gasteiger partial charge in [0.05, 0.1) is 31.6 Å². The van der Waals surface area contributed by atoms with Crippen LogP contribution in [0.1, 0.15) is 12.8 Å². The van der Waals surface area contributed by atoms with Crippen molar-refractivity contribution < 1.29 is 27.4 Å². The molecule has 3 rings (SSSR count). The Labute approximate surface area is 158 Å². The molecule has 12 heteroatoms. The first-order valence-corrected chi connectivity index (χ1v) is 9.75. The smallest absolute Gasteiger partial charge is 0.378 e. The lowest BCUT2D eigenvalue weighted by atomic mass is 10.2. The van der Waals surface area contributed by atoms with Crippen molar-refractivity contribution in [2.24, 2.45) is 0 Å². The quantitative estimate of drug-likeness (QED) is 0.675. The molecule has 3 heterocycles. The van der Waals surface area contributed by atoms with Crippen molar-refractivity contribution in [2.45, 2.75) is 36.8 Å². The molecule has 2 fully saturated rings. The van der Waals surface area contributed by atoms with Crippen molar-refractivity contribution in [3.05, 3.63) is 0 Å². The second-order valence-corrected chi connectivity index (χ2v) is 7.25. The SMILES string of the molecule is O=C(CSc1nnc(N2CCOCC2)n1CC1CCCO1)NCC(F)(F)F. The van der Waals surface area contributed by atoms with Gasteiger partial charge in [-0.25, -0.2) is 0 Å².